The van der Waals surface area contributed by atoms with Crippen molar-refractivity contribution in [3.8, 4) is 0 Å². The molecule has 2 aliphatic rings. The molecule has 8 unspecified atom stereocenters. The van der Waals surface area contributed by atoms with Gasteiger partial charge in [-0.3, -0.25) is 55.8 Å². The first kappa shape index (κ1) is 54.0. The highest BCUT2D eigenvalue weighted by atomic mass is 31.3. The number of methoxy groups -OCH3 is 1. The summed E-state index contributed by atoms with van der Waals surface area (Å²) in [7, 11) is -13.4. The summed E-state index contributed by atoms with van der Waals surface area (Å²) in [5, 5.41) is 42.7. The summed E-state index contributed by atoms with van der Waals surface area (Å²) in [4.78, 5) is 42.7. The Hall–Kier alpha value is -4.37. The van der Waals surface area contributed by atoms with Crippen LogP contribution in [-0.2, 0) is 79.3 Å². The fourth-order valence-electron chi connectivity index (χ4n) is 6.62. The normalized spacial score (nSPS) is 26.3. The molecule has 0 saturated carbocycles. The first-order valence-electron chi connectivity index (χ1n) is 19.6. The number of nitrogens with zero attached hydrogens (tertiary/aromatic N) is 8. The smallest absolute Gasteiger partial charge is 0.387 e. The number of hydrogen-bond acceptors (Lipinski definition) is 30. The molecular weight excluding hydrogens is 1010 g/mol. The maximum Gasteiger partial charge on any atom is 0.491 e. The zero-order valence-electron chi connectivity index (χ0n) is 37.1. The van der Waals surface area contributed by atoms with Crippen molar-refractivity contribution in [3.63, 3.8) is 0 Å². The van der Waals surface area contributed by atoms with Gasteiger partial charge >= 0.3 is 31.1 Å². The van der Waals surface area contributed by atoms with Gasteiger partial charge in [0, 0.05) is 48.8 Å². The highest BCUT2D eigenvalue weighted by Crippen LogP contribution is 2.71. The minimum Gasteiger partial charge on any atom is -0.387 e. The number of rotatable bonds is 25. The Labute approximate surface area is 388 Å². The lowest BCUT2D eigenvalue weighted by Gasteiger charge is -2.30. The summed E-state index contributed by atoms with van der Waals surface area (Å²) in [6.07, 6.45) is -7.83. The number of aromatic amines is 2. The highest BCUT2D eigenvalue weighted by Gasteiger charge is 2.51. The Morgan fingerprint density at radius 3 is 2.12 bits per heavy atom. The predicted octanol–water partition coefficient (Wildman–Crippen LogP) is -1.12. The topological polar surface area (TPSA) is 447 Å². The van der Waals surface area contributed by atoms with E-state index in [0.717, 1.165) is 45.6 Å². The molecular formula is C31H49N13O21P4. The number of phosphoric ester groups is 2. The second kappa shape index (κ2) is 22.0. The second-order valence-corrected chi connectivity index (χ2v) is 21.7. The Balaban J connectivity index is 1.05. The summed E-state index contributed by atoms with van der Waals surface area (Å²) < 4.78 is 120. The molecule has 2 fully saturated rings. The van der Waals surface area contributed by atoms with E-state index in [2.05, 4.69) is 47.1 Å². The van der Waals surface area contributed by atoms with Crippen molar-refractivity contribution in [2.24, 2.45) is 0 Å². The average Bonchev–Trinajstić information content (AvgIpc) is 4.10. The summed E-state index contributed by atoms with van der Waals surface area (Å²) in [6.45, 7) is 1.51. The van der Waals surface area contributed by atoms with Gasteiger partial charge in [0.15, 0.2) is 34.9 Å². The average molecular weight is 1060 g/mol. The Kier molecular flexibility index (Phi) is 17.2. The summed E-state index contributed by atoms with van der Waals surface area (Å²) in [5.41, 5.74) is 9.31. The molecule has 69 heavy (non-hydrogen) atoms. The minimum atomic E-state index is -5.28. The number of aromatic nitrogens is 9. The van der Waals surface area contributed by atoms with Crippen molar-refractivity contribution < 1.29 is 88.1 Å². The first-order chi connectivity index (χ1) is 32.6. The van der Waals surface area contributed by atoms with E-state index in [9.17, 15) is 43.2 Å². The van der Waals surface area contributed by atoms with Crippen molar-refractivity contribution in [3.05, 3.63) is 46.0 Å². The number of nitrogen functional groups attached to an aromatic ring is 2. The quantitative estimate of drug-likeness (QED) is 0.0365. The lowest BCUT2D eigenvalue weighted by atomic mass is 10.1. The molecule has 0 radical (unpaired) electrons. The van der Waals surface area contributed by atoms with E-state index in [1.165, 1.54) is 29.8 Å². The molecule has 10 N–H and O–H groups in total. The van der Waals surface area contributed by atoms with Gasteiger partial charge in [-0.05, 0) is 0 Å². The zero-order chi connectivity index (χ0) is 50.6. The van der Waals surface area contributed by atoms with Crippen LogP contribution < -0.4 is 38.2 Å². The number of nitrogens with two attached hydrogens (primary N) is 2. The maximum atomic E-state index is 13.9. The van der Waals surface area contributed by atoms with E-state index in [1.807, 2.05) is 0 Å². The van der Waals surface area contributed by atoms with Gasteiger partial charge in [-0.15, -0.1) is 5.10 Å². The van der Waals surface area contributed by atoms with Crippen molar-refractivity contribution in [1.29, 1.82) is 0 Å². The minimum absolute atomic E-state index is 0.0456. The fourth-order valence-corrected chi connectivity index (χ4v) is 12.6. The summed E-state index contributed by atoms with van der Waals surface area (Å²) in [5.74, 6) is -0.553. The lowest BCUT2D eigenvalue weighted by Crippen LogP contribution is -2.44. The number of fused-ring (bicyclic) bond motifs is 1. The Bertz CT molecular complexity index is 2780. The molecule has 34 nitrogen and oxygen atoms in total. The molecule has 2 saturated heterocycles. The number of imidazole rings is 1. The predicted molar refractivity (Wildman–Crippen MR) is 234 cm³/mol. The molecule has 0 bridgehead atoms. The maximum absolute atomic E-state index is 13.9. The van der Waals surface area contributed by atoms with Gasteiger partial charge in [0.1, 0.15) is 42.3 Å². The van der Waals surface area contributed by atoms with Crippen molar-refractivity contribution >= 4 is 71.1 Å². The molecule has 6 rings (SSSR count). The van der Waals surface area contributed by atoms with E-state index < -0.39 is 117 Å². The molecule has 4 aromatic heterocycles. The third kappa shape index (κ3) is 11.6. The third-order valence-corrected chi connectivity index (χ3v) is 17.3. The van der Waals surface area contributed by atoms with E-state index in [4.69, 9.17) is 66.0 Å². The van der Waals surface area contributed by atoms with Crippen molar-refractivity contribution in [2.75, 3.05) is 84.1 Å². The number of anilines is 4. The van der Waals surface area contributed by atoms with Crippen LogP contribution in [0.1, 0.15) is 6.23 Å². The van der Waals surface area contributed by atoms with Crippen LogP contribution in [0.5, 0.6) is 0 Å². The Morgan fingerprint density at radius 1 is 0.855 bits per heavy atom. The molecule has 0 amide bonds. The zero-order valence-corrected chi connectivity index (χ0v) is 40.7. The molecule has 38 heteroatoms. The summed E-state index contributed by atoms with van der Waals surface area (Å²) in [6, 6.07) is 0. The number of aliphatic hydroxyl groups is 3. The van der Waals surface area contributed by atoms with Crippen LogP contribution in [0.25, 0.3) is 11.2 Å². The van der Waals surface area contributed by atoms with E-state index >= 15 is 0 Å². The molecule has 12 atom stereocenters. The van der Waals surface area contributed by atoms with Crippen molar-refractivity contribution in [2.45, 2.75) is 55.6 Å². The van der Waals surface area contributed by atoms with Gasteiger partial charge in [-0.25, -0.2) is 27.7 Å². The molecule has 0 spiro atoms. The summed E-state index contributed by atoms with van der Waals surface area (Å²) >= 11 is 0. The number of ether oxygens (including phenoxy) is 3. The molecule has 384 valence electrons. The van der Waals surface area contributed by atoms with Crippen LogP contribution in [0.15, 0.2) is 34.9 Å². The molecule has 0 aliphatic carbocycles. The van der Waals surface area contributed by atoms with Crippen molar-refractivity contribution in [1.82, 2.24) is 44.5 Å². The number of nitrogens with one attached hydrogen (secondary N) is 3. The van der Waals surface area contributed by atoms with Crippen LogP contribution in [-0.4, -0.2) is 165 Å². The number of phosphoric acid groups is 3. The standard InChI is InChI=1S/C31H49N13O21P4/c1-8-43(24-18(34-2)26(48)38-30(32)36-24)29-23(54-3)21(46)16(63-29)13-61-68(52,57-6)65-69(53,58-7)64-66(50,55-4)17-11-42(41-40-17)9-10-59-67(51,56-5)60-12-15-20(45)22(47)28(62-15)44-14-35-19-25(44)37-31(33)39-27(19)49/h8,11,14-16,20-23,28-29,34,45-47H,1,9-10,12-13H2,2-7H3,(H3,32,36,38,48)(H3,33,37,39,49)/t15-,16-,20?,21?,22?,23?,28-,29-,66?,67?,68?,69?/m1/s1. The second-order valence-electron chi connectivity index (χ2n) is 14.1. The van der Waals surface area contributed by atoms with Crippen LogP contribution in [0, 0.1) is 0 Å². The first-order valence-corrected chi connectivity index (χ1v) is 25.6. The van der Waals surface area contributed by atoms with Crippen LogP contribution in [0.2, 0.25) is 0 Å². The van der Waals surface area contributed by atoms with E-state index in [1.54, 1.807) is 0 Å². The number of aliphatic hydroxyl groups excluding tert-OH is 3. The Morgan fingerprint density at radius 2 is 1.49 bits per heavy atom. The highest BCUT2D eigenvalue weighted by molar-refractivity contribution is 7.72. The van der Waals surface area contributed by atoms with E-state index in [0.29, 0.717) is 0 Å². The van der Waals surface area contributed by atoms with E-state index in [-0.39, 0.29) is 41.1 Å². The van der Waals surface area contributed by atoms with Crippen LogP contribution >= 0.6 is 31.1 Å². The number of H-pyrrole nitrogens is 2. The lowest BCUT2D eigenvalue weighted by molar-refractivity contribution is -0.0521. The monoisotopic (exact) mass is 1060 g/mol. The third-order valence-electron chi connectivity index (χ3n) is 10.0. The van der Waals surface area contributed by atoms with Gasteiger partial charge in [0.2, 0.25) is 11.9 Å². The van der Waals surface area contributed by atoms with Gasteiger partial charge in [-0.2, -0.15) is 14.3 Å². The largest absolute Gasteiger partial charge is 0.491 e. The number of hydrogen-bond donors (Lipinski definition) is 8. The van der Waals surface area contributed by atoms with Gasteiger partial charge in [0.05, 0.1) is 38.9 Å². The van der Waals surface area contributed by atoms with Crippen LogP contribution in [0.3, 0.4) is 0 Å². The molecule has 2 aliphatic heterocycles. The van der Waals surface area contributed by atoms with Gasteiger partial charge in [-0.1, -0.05) is 11.8 Å². The molecule has 6 heterocycles. The molecule has 0 aromatic carbocycles. The SMILES string of the molecule is C=CN(c1nc(N)[nH]c(=O)c1NC)[C@@H]1O[C@H](COP(=O)(OC)OP(=O)(OC)OP(=O)(OC)c2cn(CCOP(=O)(OC)OC[C@H]3O[C@@H](n4cnc5c(=O)[nH]c(N)nc54)C(O)C3O)nn2)C(O)C1OC. The fraction of sp³-hybridized carbons (Fsp3) is 0.581. The molecule has 4 aromatic rings. The van der Waals surface area contributed by atoms with Crippen LogP contribution in [0.4, 0.5) is 23.4 Å². The van der Waals surface area contributed by atoms with Gasteiger partial charge in [0.25, 0.3) is 11.1 Å². The van der Waals surface area contributed by atoms with Gasteiger partial charge < -0.3 is 55.7 Å².